The average molecular weight is 611 g/mol. The molecule has 1 aromatic rings. The fourth-order valence-electron chi connectivity index (χ4n) is 4.59. The van der Waals surface area contributed by atoms with Gasteiger partial charge in [0, 0.05) is 30.7 Å². The number of hydrogen-bond acceptors (Lipinski definition) is 2. The van der Waals surface area contributed by atoms with E-state index in [1.54, 1.807) is 50.3 Å². The minimum Gasteiger partial charge on any atom is -0.366 e. The van der Waals surface area contributed by atoms with Crippen LogP contribution < -0.4 is 5.73 Å². The molecule has 0 aromatic heterocycles. The summed E-state index contributed by atoms with van der Waals surface area (Å²) < 4.78 is 94.2. The molecule has 10 heteroatoms. The van der Waals surface area contributed by atoms with Gasteiger partial charge in [-0.25, -0.2) is 4.39 Å². The Labute approximate surface area is 248 Å². The highest BCUT2D eigenvalue weighted by atomic mass is 19.4. The number of rotatable bonds is 9. The second-order valence-corrected chi connectivity index (χ2v) is 10.6. The zero-order chi connectivity index (χ0) is 32.5. The normalized spacial score (nSPS) is 18.8. The number of halogens is 7. The zero-order valence-corrected chi connectivity index (χ0v) is 24.8. The highest BCUT2D eigenvalue weighted by Crippen LogP contribution is 2.37. The molecule has 0 heterocycles. The van der Waals surface area contributed by atoms with Gasteiger partial charge in [0.25, 0.3) is 0 Å². The molecule has 2 rings (SSSR count). The van der Waals surface area contributed by atoms with E-state index in [-0.39, 0.29) is 47.5 Å². The maximum Gasteiger partial charge on any atom is 0.416 e. The maximum absolute atomic E-state index is 14.2. The molecular formula is C33H37F7N2O. The van der Waals surface area contributed by atoms with E-state index in [2.05, 4.69) is 4.99 Å². The predicted molar refractivity (Wildman–Crippen MR) is 157 cm³/mol. The second-order valence-electron chi connectivity index (χ2n) is 10.6. The van der Waals surface area contributed by atoms with Crippen molar-refractivity contribution in [3.63, 3.8) is 0 Å². The molecule has 0 saturated heterocycles. The number of nitrogens with two attached hydrogens (primary N) is 1. The van der Waals surface area contributed by atoms with Crippen molar-refractivity contribution in [3.05, 3.63) is 106 Å². The summed E-state index contributed by atoms with van der Waals surface area (Å²) in [4.78, 5) is 16.4. The Balaban J connectivity index is 2.32. The topological polar surface area (TPSA) is 55.4 Å². The summed E-state index contributed by atoms with van der Waals surface area (Å²) in [5.41, 5.74) is 5.13. The van der Waals surface area contributed by atoms with Crippen LogP contribution in [0.4, 0.5) is 30.7 Å². The Kier molecular flexibility index (Phi) is 12.5. The van der Waals surface area contributed by atoms with Gasteiger partial charge in [-0.2, -0.15) is 26.3 Å². The standard InChI is InChI=1S/C33H37F7N2O/c1-6-23-15-24(14-21(3)10-12-28(34)16-23)29(31(41)43)13-11-20(2)8-7-9-22(4)30(42-5)25-17-26(32(35,36)37)19-27(18-25)33(38,39)40/h7-8,11-15,17-19,21-22H,6,9-10,16H2,1-5H3,(H2,41,43). The molecule has 0 saturated carbocycles. The number of carbonyl (C=O) groups is 1. The number of carbonyl (C=O) groups excluding carboxylic acids is 1. The molecule has 0 aliphatic heterocycles. The van der Waals surface area contributed by atoms with E-state index in [9.17, 15) is 35.5 Å². The van der Waals surface area contributed by atoms with E-state index in [0.717, 1.165) is 5.57 Å². The van der Waals surface area contributed by atoms with Crippen LogP contribution in [0.3, 0.4) is 0 Å². The minimum absolute atomic E-state index is 0.0409. The van der Waals surface area contributed by atoms with Gasteiger partial charge in [0.15, 0.2) is 0 Å². The van der Waals surface area contributed by atoms with Crippen molar-refractivity contribution in [1.29, 1.82) is 0 Å². The van der Waals surface area contributed by atoms with E-state index in [1.165, 1.54) is 7.05 Å². The number of alkyl halides is 6. The van der Waals surface area contributed by atoms with Crippen LogP contribution in [0, 0.1) is 11.8 Å². The van der Waals surface area contributed by atoms with Crippen molar-refractivity contribution in [2.24, 2.45) is 22.6 Å². The van der Waals surface area contributed by atoms with Crippen molar-refractivity contribution < 1.29 is 35.5 Å². The van der Waals surface area contributed by atoms with Gasteiger partial charge in [0.1, 0.15) is 5.83 Å². The van der Waals surface area contributed by atoms with Crippen molar-refractivity contribution in [1.82, 2.24) is 0 Å². The van der Waals surface area contributed by atoms with Crippen LogP contribution in [0.1, 0.15) is 70.1 Å². The van der Waals surface area contributed by atoms with E-state index >= 15 is 0 Å². The number of primary amides is 1. The first-order chi connectivity index (χ1) is 20.0. The largest absolute Gasteiger partial charge is 0.416 e. The monoisotopic (exact) mass is 610 g/mol. The van der Waals surface area contributed by atoms with Crippen LogP contribution in [0.15, 0.2) is 93.8 Å². The molecule has 0 spiro atoms. The summed E-state index contributed by atoms with van der Waals surface area (Å²) in [6.45, 7) is 7.23. The smallest absolute Gasteiger partial charge is 0.366 e. The third-order valence-corrected chi connectivity index (χ3v) is 6.94. The minimum atomic E-state index is -4.96. The van der Waals surface area contributed by atoms with Crippen LogP contribution in [0.25, 0.3) is 0 Å². The molecule has 0 fully saturated rings. The molecular weight excluding hydrogens is 573 g/mol. The molecule has 1 aliphatic carbocycles. The molecule has 2 N–H and O–H groups in total. The number of aliphatic imine (C=N–C) groups is 1. The van der Waals surface area contributed by atoms with Gasteiger partial charge in [-0.3, -0.25) is 9.79 Å². The van der Waals surface area contributed by atoms with Gasteiger partial charge in [0.2, 0.25) is 5.91 Å². The summed E-state index contributed by atoms with van der Waals surface area (Å²) in [5, 5.41) is 0. The first kappa shape index (κ1) is 35.5. The van der Waals surface area contributed by atoms with Crippen LogP contribution in [0.2, 0.25) is 0 Å². The Morgan fingerprint density at radius 3 is 2.21 bits per heavy atom. The van der Waals surface area contributed by atoms with E-state index < -0.39 is 35.3 Å². The lowest BCUT2D eigenvalue weighted by Crippen LogP contribution is -2.17. The number of allylic oxidation sites excluding steroid dienone is 10. The maximum atomic E-state index is 14.2. The highest BCUT2D eigenvalue weighted by Gasteiger charge is 2.37. The number of hydrogen-bond donors (Lipinski definition) is 1. The van der Waals surface area contributed by atoms with Gasteiger partial charge >= 0.3 is 12.4 Å². The molecule has 2 atom stereocenters. The van der Waals surface area contributed by atoms with Gasteiger partial charge in [0.05, 0.1) is 11.1 Å². The first-order valence-electron chi connectivity index (χ1n) is 13.8. The van der Waals surface area contributed by atoms with Gasteiger partial charge in [-0.15, -0.1) is 0 Å². The first-order valence-corrected chi connectivity index (χ1v) is 13.8. The third kappa shape index (κ3) is 10.8. The number of amides is 1. The van der Waals surface area contributed by atoms with E-state index in [1.807, 2.05) is 19.9 Å². The Morgan fingerprint density at radius 2 is 1.70 bits per heavy atom. The number of benzene rings is 1. The van der Waals surface area contributed by atoms with Crippen LogP contribution in [-0.2, 0) is 17.1 Å². The lowest BCUT2D eigenvalue weighted by molar-refractivity contribution is -0.143. The Bertz CT molecular complexity index is 1350. The van der Waals surface area contributed by atoms with Crippen molar-refractivity contribution in [3.8, 4) is 0 Å². The Morgan fingerprint density at radius 1 is 1.09 bits per heavy atom. The quantitative estimate of drug-likeness (QED) is 0.129. The molecule has 1 aromatic carbocycles. The fraction of sp³-hybridized carbons (Fsp3) is 0.394. The lowest BCUT2D eigenvalue weighted by atomic mass is 9.92. The van der Waals surface area contributed by atoms with Crippen molar-refractivity contribution >= 4 is 11.6 Å². The molecule has 3 nitrogen and oxygen atoms in total. The molecule has 1 aliphatic rings. The fourth-order valence-corrected chi connectivity index (χ4v) is 4.59. The summed E-state index contributed by atoms with van der Waals surface area (Å²) in [6.07, 6.45) is 3.50. The van der Waals surface area contributed by atoms with E-state index in [0.29, 0.717) is 36.1 Å². The summed E-state index contributed by atoms with van der Waals surface area (Å²) in [7, 11) is 1.32. The van der Waals surface area contributed by atoms with Crippen LogP contribution >= 0.6 is 0 Å². The van der Waals surface area contributed by atoms with Crippen LogP contribution in [-0.4, -0.2) is 18.7 Å². The third-order valence-electron chi connectivity index (χ3n) is 6.94. The highest BCUT2D eigenvalue weighted by molar-refractivity contribution is 6.02. The zero-order valence-electron chi connectivity index (χ0n) is 24.8. The molecule has 2 unspecified atom stereocenters. The second kappa shape index (κ2) is 15.2. The SMILES string of the molecule is CCC1=CC(C(=CC=C(C)C=CCC(C)C(=NC)c2cc(C(F)(F)F)cc(C(F)(F)F)c2)C(N)=O)=CC(C)CC=C(F)C1. The molecule has 1 amide bonds. The Hall–Kier alpha value is -3.69. The van der Waals surface area contributed by atoms with Gasteiger partial charge < -0.3 is 5.73 Å². The predicted octanol–water partition coefficient (Wildman–Crippen LogP) is 9.63. The molecule has 43 heavy (non-hydrogen) atoms. The summed E-state index contributed by atoms with van der Waals surface area (Å²) in [6, 6.07) is 1.44. The van der Waals surface area contributed by atoms with Crippen LogP contribution in [0.5, 0.6) is 0 Å². The molecule has 0 bridgehead atoms. The van der Waals surface area contributed by atoms with Crippen molar-refractivity contribution in [2.75, 3.05) is 7.05 Å². The van der Waals surface area contributed by atoms with Gasteiger partial charge in [-0.1, -0.05) is 68.4 Å². The molecule has 234 valence electrons. The summed E-state index contributed by atoms with van der Waals surface area (Å²) >= 11 is 0. The average Bonchev–Trinajstić information content (AvgIpc) is 2.97. The van der Waals surface area contributed by atoms with Crippen molar-refractivity contribution in [2.45, 2.75) is 65.7 Å². The lowest BCUT2D eigenvalue weighted by Gasteiger charge is -2.18. The van der Waals surface area contributed by atoms with E-state index in [4.69, 9.17) is 5.73 Å². The molecule has 0 radical (unpaired) electrons. The number of nitrogens with zero attached hydrogens (tertiary/aromatic N) is 1. The van der Waals surface area contributed by atoms with Gasteiger partial charge in [-0.05, 0) is 67.5 Å². The summed E-state index contributed by atoms with van der Waals surface area (Å²) in [5.74, 6) is -1.42.